The fourth-order valence-corrected chi connectivity index (χ4v) is 3.34. The van der Waals surface area contributed by atoms with Crippen molar-refractivity contribution in [2.24, 2.45) is 0 Å². The van der Waals surface area contributed by atoms with E-state index in [-0.39, 0.29) is 5.69 Å². The molecule has 0 bridgehead atoms. The average molecular weight is 357 g/mol. The fourth-order valence-electron chi connectivity index (χ4n) is 1.76. The van der Waals surface area contributed by atoms with Gasteiger partial charge in [-0.25, -0.2) is 9.89 Å². The second kappa shape index (κ2) is 7.10. The number of H-pyrrole nitrogens is 1. The Morgan fingerprint density at radius 2 is 2.25 bits per heavy atom. The zero-order valence-electron chi connectivity index (χ0n) is 11.4. The van der Waals surface area contributed by atoms with Crippen LogP contribution in [0.15, 0.2) is 37.5 Å². The first-order chi connectivity index (χ1) is 9.65. The highest BCUT2D eigenvalue weighted by Crippen LogP contribution is 2.32. The standard InChI is InChI=1S/C13H17BrN4OS/c1-3-15-8-9-5-6-11(10(14)7-9)20-13-17-16-12(19)18(13)4-2/h5-7,15H,3-4,8H2,1-2H3,(H,16,19). The molecule has 2 N–H and O–H groups in total. The summed E-state index contributed by atoms with van der Waals surface area (Å²) in [4.78, 5) is 12.6. The summed E-state index contributed by atoms with van der Waals surface area (Å²) < 4.78 is 2.62. The first-order valence-corrected chi connectivity index (χ1v) is 8.08. The van der Waals surface area contributed by atoms with E-state index in [4.69, 9.17) is 0 Å². The third-order valence-corrected chi connectivity index (χ3v) is 4.80. The lowest BCUT2D eigenvalue weighted by Gasteiger charge is -2.07. The normalized spacial score (nSPS) is 10.9. The van der Waals surface area contributed by atoms with Crippen molar-refractivity contribution in [1.82, 2.24) is 20.1 Å². The summed E-state index contributed by atoms with van der Waals surface area (Å²) in [7, 11) is 0. The fraction of sp³-hybridized carbons (Fsp3) is 0.385. The molecule has 0 fully saturated rings. The van der Waals surface area contributed by atoms with Gasteiger partial charge in [-0.3, -0.25) is 4.57 Å². The number of rotatable bonds is 6. The monoisotopic (exact) mass is 356 g/mol. The van der Waals surface area contributed by atoms with Crippen LogP contribution in [0.3, 0.4) is 0 Å². The van der Waals surface area contributed by atoms with Gasteiger partial charge in [-0.1, -0.05) is 13.0 Å². The predicted molar refractivity (Wildman–Crippen MR) is 84.2 cm³/mol. The highest BCUT2D eigenvalue weighted by atomic mass is 79.9. The molecule has 0 aliphatic rings. The average Bonchev–Trinajstić information content (AvgIpc) is 2.79. The highest BCUT2D eigenvalue weighted by molar-refractivity contribution is 9.10. The van der Waals surface area contributed by atoms with Crippen LogP contribution in [0.2, 0.25) is 0 Å². The maximum atomic E-state index is 11.5. The third kappa shape index (κ3) is 3.53. The summed E-state index contributed by atoms with van der Waals surface area (Å²) in [5.74, 6) is 0. The Morgan fingerprint density at radius 1 is 1.45 bits per heavy atom. The second-order valence-electron chi connectivity index (χ2n) is 4.20. The largest absolute Gasteiger partial charge is 0.343 e. The molecule has 0 atom stereocenters. The second-order valence-corrected chi connectivity index (χ2v) is 6.07. The minimum atomic E-state index is -0.171. The van der Waals surface area contributed by atoms with Gasteiger partial charge in [-0.05, 0) is 58.9 Å². The highest BCUT2D eigenvalue weighted by Gasteiger charge is 2.10. The molecular weight excluding hydrogens is 340 g/mol. The van der Waals surface area contributed by atoms with Crippen LogP contribution in [-0.2, 0) is 13.1 Å². The van der Waals surface area contributed by atoms with Crippen LogP contribution in [0.4, 0.5) is 0 Å². The lowest BCUT2D eigenvalue weighted by atomic mass is 10.2. The number of aromatic amines is 1. The number of aromatic nitrogens is 3. The van der Waals surface area contributed by atoms with Crippen LogP contribution < -0.4 is 11.0 Å². The number of benzene rings is 1. The van der Waals surface area contributed by atoms with Crippen molar-refractivity contribution in [3.05, 3.63) is 38.7 Å². The van der Waals surface area contributed by atoms with E-state index in [0.29, 0.717) is 11.7 Å². The van der Waals surface area contributed by atoms with Gasteiger partial charge >= 0.3 is 5.69 Å². The maximum absolute atomic E-state index is 11.5. The van der Waals surface area contributed by atoms with Gasteiger partial charge in [-0.15, -0.1) is 5.10 Å². The molecule has 2 rings (SSSR count). The molecule has 1 aromatic heterocycles. The molecule has 0 saturated carbocycles. The Bertz CT molecular complexity index is 638. The molecule has 0 unspecified atom stereocenters. The Hall–Kier alpha value is -1.05. The molecular formula is C13H17BrN4OS. The number of nitrogens with zero attached hydrogens (tertiary/aromatic N) is 2. The van der Waals surface area contributed by atoms with E-state index < -0.39 is 0 Å². The van der Waals surface area contributed by atoms with Crippen molar-refractivity contribution in [1.29, 1.82) is 0 Å². The Kier molecular flexibility index (Phi) is 5.45. The Morgan fingerprint density at radius 3 is 2.90 bits per heavy atom. The minimum absolute atomic E-state index is 0.171. The number of halogens is 1. The molecule has 0 amide bonds. The Balaban J connectivity index is 2.19. The molecule has 0 radical (unpaired) electrons. The lowest BCUT2D eigenvalue weighted by molar-refractivity contribution is 0.660. The van der Waals surface area contributed by atoms with Crippen molar-refractivity contribution < 1.29 is 0 Å². The van der Waals surface area contributed by atoms with E-state index in [9.17, 15) is 4.79 Å². The molecule has 20 heavy (non-hydrogen) atoms. The van der Waals surface area contributed by atoms with Crippen molar-refractivity contribution in [2.45, 2.75) is 37.0 Å². The molecule has 1 heterocycles. The van der Waals surface area contributed by atoms with Gasteiger partial charge in [0.2, 0.25) is 0 Å². The number of nitrogens with one attached hydrogen (secondary N) is 2. The third-order valence-electron chi connectivity index (χ3n) is 2.82. The smallest absolute Gasteiger partial charge is 0.313 e. The first kappa shape index (κ1) is 15.3. The van der Waals surface area contributed by atoms with Crippen LogP contribution in [0, 0.1) is 0 Å². The van der Waals surface area contributed by atoms with Gasteiger partial charge < -0.3 is 5.32 Å². The van der Waals surface area contributed by atoms with Gasteiger partial charge in [-0.2, -0.15) is 0 Å². The molecule has 108 valence electrons. The van der Waals surface area contributed by atoms with Crippen molar-refractivity contribution in [2.75, 3.05) is 6.54 Å². The van der Waals surface area contributed by atoms with Crippen molar-refractivity contribution in [3.63, 3.8) is 0 Å². The van der Waals surface area contributed by atoms with Gasteiger partial charge in [0.1, 0.15) is 0 Å². The summed E-state index contributed by atoms with van der Waals surface area (Å²) in [5.41, 5.74) is 1.05. The molecule has 0 saturated heterocycles. The summed E-state index contributed by atoms with van der Waals surface area (Å²) in [6, 6.07) is 6.21. The topological polar surface area (TPSA) is 62.7 Å². The first-order valence-electron chi connectivity index (χ1n) is 6.47. The van der Waals surface area contributed by atoms with Gasteiger partial charge in [0.25, 0.3) is 0 Å². The lowest BCUT2D eigenvalue weighted by Crippen LogP contribution is -2.16. The molecule has 0 aliphatic heterocycles. The van der Waals surface area contributed by atoms with E-state index in [1.165, 1.54) is 17.3 Å². The zero-order chi connectivity index (χ0) is 14.5. The van der Waals surface area contributed by atoms with Gasteiger partial charge in [0.15, 0.2) is 5.16 Å². The van der Waals surface area contributed by atoms with E-state index in [1.807, 2.05) is 13.0 Å². The molecule has 2 aromatic rings. The van der Waals surface area contributed by atoms with Crippen LogP contribution in [0.25, 0.3) is 0 Å². The summed E-state index contributed by atoms with van der Waals surface area (Å²) in [6.07, 6.45) is 0. The van der Waals surface area contributed by atoms with E-state index in [2.05, 4.69) is 50.5 Å². The summed E-state index contributed by atoms with van der Waals surface area (Å²) in [6.45, 7) is 6.41. The quantitative estimate of drug-likeness (QED) is 0.834. The SMILES string of the molecule is CCNCc1ccc(Sc2n[nH]c(=O)n2CC)c(Br)c1. The van der Waals surface area contributed by atoms with Crippen molar-refractivity contribution >= 4 is 27.7 Å². The molecule has 0 spiro atoms. The van der Waals surface area contributed by atoms with Gasteiger partial charge in [0, 0.05) is 22.5 Å². The van der Waals surface area contributed by atoms with Crippen LogP contribution in [0.5, 0.6) is 0 Å². The molecule has 0 aliphatic carbocycles. The molecule has 1 aromatic carbocycles. The minimum Gasteiger partial charge on any atom is -0.313 e. The zero-order valence-corrected chi connectivity index (χ0v) is 13.8. The summed E-state index contributed by atoms with van der Waals surface area (Å²) in [5, 5.41) is 10.5. The van der Waals surface area contributed by atoms with Crippen LogP contribution in [-0.4, -0.2) is 21.3 Å². The Labute approximate surface area is 130 Å². The van der Waals surface area contributed by atoms with E-state index >= 15 is 0 Å². The van der Waals surface area contributed by atoms with Crippen LogP contribution in [0.1, 0.15) is 19.4 Å². The van der Waals surface area contributed by atoms with Crippen LogP contribution >= 0.6 is 27.7 Å². The molecule has 7 heteroatoms. The van der Waals surface area contributed by atoms with E-state index in [1.54, 1.807) is 4.57 Å². The molecule has 5 nitrogen and oxygen atoms in total. The number of hydrogen-bond donors (Lipinski definition) is 2. The van der Waals surface area contributed by atoms with E-state index in [0.717, 1.165) is 22.5 Å². The van der Waals surface area contributed by atoms with Crippen molar-refractivity contribution in [3.8, 4) is 0 Å². The summed E-state index contributed by atoms with van der Waals surface area (Å²) >= 11 is 5.05. The number of hydrogen-bond acceptors (Lipinski definition) is 4. The predicted octanol–water partition coefficient (Wildman–Crippen LogP) is 2.61. The van der Waals surface area contributed by atoms with Gasteiger partial charge in [0.05, 0.1) is 0 Å². The maximum Gasteiger partial charge on any atom is 0.343 e.